The number of halogens is 3. The molecule has 36 heavy (non-hydrogen) atoms. The summed E-state index contributed by atoms with van der Waals surface area (Å²) in [6.07, 6.45) is 1.94. The minimum Gasteiger partial charge on any atom is -0.394 e. The number of imidazole rings is 1. The molecule has 0 spiro atoms. The van der Waals surface area contributed by atoms with Crippen molar-refractivity contribution in [3.05, 3.63) is 41.7 Å². The van der Waals surface area contributed by atoms with Gasteiger partial charge in [0.15, 0.2) is 11.5 Å². The van der Waals surface area contributed by atoms with Gasteiger partial charge in [-0.25, -0.2) is 9.97 Å². The van der Waals surface area contributed by atoms with Crippen LogP contribution in [-0.4, -0.2) is 59.3 Å². The van der Waals surface area contributed by atoms with Crippen molar-refractivity contribution in [1.29, 1.82) is 0 Å². The van der Waals surface area contributed by atoms with Crippen LogP contribution in [0.15, 0.2) is 29.7 Å². The molecule has 0 aliphatic heterocycles. The highest BCUT2D eigenvalue weighted by atomic mass is 32.1. The molecule has 3 heterocycles. The summed E-state index contributed by atoms with van der Waals surface area (Å²) in [6, 6.07) is 1.69. The molecule has 0 bridgehead atoms. The minimum absolute atomic E-state index is 0.0584. The molecule has 2 N–H and O–H groups in total. The summed E-state index contributed by atoms with van der Waals surface area (Å²) >= 11 is 1.13. The minimum atomic E-state index is -4.40. The van der Waals surface area contributed by atoms with Gasteiger partial charge < -0.3 is 10.4 Å². The van der Waals surface area contributed by atoms with Gasteiger partial charge in [-0.15, -0.1) is 0 Å². The van der Waals surface area contributed by atoms with Crippen molar-refractivity contribution in [2.45, 2.75) is 66.2 Å². The number of rotatable bonds is 10. The number of fused-ring (bicyclic) bond motifs is 1. The number of allylic oxidation sites excluding steroid dienone is 1. The maximum absolute atomic E-state index is 13.1. The van der Waals surface area contributed by atoms with E-state index < -0.39 is 24.9 Å². The number of aryl methyl sites for hydroxylation is 1. The van der Waals surface area contributed by atoms with Crippen LogP contribution in [0.1, 0.15) is 58.1 Å². The molecule has 0 saturated heterocycles. The van der Waals surface area contributed by atoms with E-state index in [0.717, 1.165) is 40.6 Å². The number of aromatic nitrogens is 4. The Morgan fingerprint density at radius 2 is 2.03 bits per heavy atom. The molecule has 0 unspecified atom stereocenters. The van der Waals surface area contributed by atoms with Gasteiger partial charge in [0.2, 0.25) is 0 Å². The molecule has 0 aliphatic rings. The summed E-state index contributed by atoms with van der Waals surface area (Å²) in [7, 11) is 0. The highest BCUT2D eigenvalue weighted by Gasteiger charge is 2.37. The topological polar surface area (TPSA) is 90.9 Å². The summed E-state index contributed by atoms with van der Waals surface area (Å²) in [6.45, 7) is 9.39. The first kappa shape index (κ1) is 27.8. The van der Waals surface area contributed by atoms with E-state index in [2.05, 4.69) is 31.6 Å². The molecule has 0 radical (unpaired) electrons. The Labute approximate surface area is 212 Å². The van der Waals surface area contributed by atoms with E-state index in [-0.39, 0.29) is 6.54 Å². The van der Waals surface area contributed by atoms with Crippen molar-refractivity contribution in [3.63, 3.8) is 0 Å². The molecule has 196 valence electrons. The van der Waals surface area contributed by atoms with Gasteiger partial charge in [0.1, 0.15) is 5.00 Å². The summed E-state index contributed by atoms with van der Waals surface area (Å²) in [5, 5.41) is 13.5. The van der Waals surface area contributed by atoms with Gasteiger partial charge in [-0.2, -0.15) is 17.5 Å². The number of aliphatic hydroxyl groups excluding tert-OH is 1. The van der Waals surface area contributed by atoms with Crippen LogP contribution in [0.2, 0.25) is 0 Å². The molecular formula is C24H32F3N7OS. The van der Waals surface area contributed by atoms with E-state index in [1.54, 1.807) is 26.1 Å². The second-order valence-electron chi connectivity index (χ2n) is 9.35. The smallest absolute Gasteiger partial charge is 0.394 e. The second kappa shape index (κ2) is 11.1. The number of nitrogens with one attached hydrogen (secondary N) is 1. The van der Waals surface area contributed by atoms with Gasteiger partial charge >= 0.3 is 6.18 Å². The molecule has 0 amide bonds. The van der Waals surface area contributed by atoms with Gasteiger partial charge in [0.25, 0.3) is 0 Å². The Kier molecular flexibility index (Phi) is 8.52. The Morgan fingerprint density at radius 3 is 2.67 bits per heavy atom. The van der Waals surface area contributed by atoms with Crippen LogP contribution in [-0.2, 0) is 6.54 Å². The van der Waals surface area contributed by atoms with Crippen LogP contribution in [0.4, 0.5) is 24.0 Å². The van der Waals surface area contributed by atoms with Crippen molar-refractivity contribution in [3.8, 4) is 0 Å². The zero-order valence-electron chi connectivity index (χ0n) is 21.3. The maximum atomic E-state index is 13.1. The number of aliphatic imine (C=N–C) groups is 1. The van der Waals surface area contributed by atoms with Crippen molar-refractivity contribution < 1.29 is 18.3 Å². The van der Waals surface area contributed by atoms with Gasteiger partial charge in [-0.1, -0.05) is 6.92 Å². The van der Waals surface area contributed by atoms with Crippen molar-refractivity contribution >= 4 is 39.3 Å². The summed E-state index contributed by atoms with van der Waals surface area (Å²) in [5.74, 6) is 0.514. The van der Waals surface area contributed by atoms with Crippen LogP contribution in [0.25, 0.3) is 11.2 Å². The average molecular weight is 524 g/mol. The summed E-state index contributed by atoms with van der Waals surface area (Å²) < 4.78 is 45.7. The number of hydrogen-bond donors (Lipinski definition) is 2. The van der Waals surface area contributed by atoms with Gasteiger partial charge in [0, 0.05) is 30.2 Å². The van der Waals surface area contributed by atoms with E-state index in [1.807, 2.05) is 37.6 Å². The second-order valence-corrected chi connectivity index (χ2v) is 10.2. The van der Waals surface area contributed by atoms with Gasteiger partial charge in [-0.05, 0) is 64.2 Å². The van der Waals surface area contributed by atoms with Gasteiger partial charge in [0.05, 0.1) is 36.4 Å². The highest BCUT2D eigenvalue weighted by Crippen LogP contribution is 2.29. The van der Waals surface area contributed by atoms with Crippen molar-refractivity contribution in [1.82, 2.24) is 23.6 Å². The molecule has 3 aromatic heterocycles. The fourth-order valence-electron chi connectivity index (χ4n) is 3.41. The Hall–Kier alpha value is -2.83. The molecule has 3 rings (SSSR count). The Balaban J connectivity index is 1.87. The number of alkyl halides is 3. The van der Waals surface area contributed by atoms with Crippen molar-refractivity contribution in [2.75, 3.05) is 18.5 Å². The lowest BCUT2D eigenvalue weighted by Crippen LogP contribution is -2.50. The standard InChI is InChI=1S/C24H32F3N7OS/c1-7-16(3)28-9-15(2)19-10-29-22-21(30-17(4)11-34(19)22)31-20-8-18(32-36-20)12-33(13-24(25,26)27)23(5,6)14-35/h8-11,35H,7,12-14H2,1-6H3,(H,30,31)/b15-9+,28-16?. The Morgan fingerprint density at radius 1 is 1.31 bits per heavy atom. The van der Waals surface area contributed by atoms with E-state index in [4.69, 9.17) is 0 Å². The van der Waals surface area contributed by atoms with Crippen LogP contribution < -0.4 is 5.32 Å². The third-order valence-electron chi connectivity index (χ3n) is 5.77. The van der Waals surface area contributed by atoms with Crippen LogP contribution in [0.5, 0.6) is 0 Å². The SMILES string of the molecule is CCC(C)=N/C=C(\C)c1cnc2c(Nc3cc(CN(CC(F)(F)F)C(C)(C)CO)ns3)nc(C)cn12. The van der Waals surface area contributed by atoms with E-state index in [1.165, 1.54) is 4.90 Å². The summed E-state index contributed by atoms with van der Waals surface area (Å²) in [4.78, 5) is 14.8. The molecule has 0 fully saturated rings. The number of nitrogens with zero attached hydrogens (tertiary/aromatic N) is 6. The zero-order valence-corrected chi connectivity index (χ0v) is 22.1. The molecule has 0 aromatic carbocycles. The monoisotopic (exact) mass is 523 g/mol. The first-order valence-electron chi connectivity index (χ1n) is 11.5. The van der Waals surface area contributed by atoms with Crippen LogP contribution in [0, 0.1) is 6.92 Å². The van der Waals surface area contributed by atoms with E-state index in [9.17, 15) is 18.3 Å². The first-order valence-corrected chi connectivity index (χ1v) is 12.3. The largest absolute Gasteiger partial charge is 0.401 e. The lowest BCUT2D eigenvalue weighted by Gasteiger charge is -2.37. The normalized spacial score (nSPS) is 13.8. The average Bonchev–Trinajstić information content (AvgIpc) is 3.42. The molecule has 0 aliphatic carbocycles. The van der Waals surface area contributed by atoms with E-state index >= 15 is 0 Å². The molecule has 0 saturated carbocycles. The molecular weight excluding hydrogens is 491 g/mol. The predicted molar refractivity (Wildman–Crippen MR) is 138 cm³/mol. The Bertz CT molecular complexity index is 1260. The lowest BCUT2D eigenvalue weighted by molar-refractivity contribution is -0.162. The van der Waals surface area contributed by atoms with Crippen LogP contribution >= 0.6 is 11.5 Å². The number of aliphatic hydroxyl groups is 1. The van der Waals surface area contributed by atoms with Crippen molar-refractivity contribution in [2.24, 2.45) is 4.99 Å². The lowest BCUT2D eigenvalue weighted by atomic mass is 10.0. The summed E-state index contributed by atoms with van der Waals surface area (Å²) in [5.41, 5.74) is 3.62. The predicted octanol–water partition coefficient (Wildman–Crippen LogP) is 5.60. The number of anilines is 2. The molecule has 0 atom stereocenters. The third-order valence-corrected chi connectivity index (χ3v) is 6.52. The number of hydrogen-bond acceptors (Lipinski definition) is 8. The quantitative estimate of drug-likeness (QED) is 0.336. The zero-order chi connectivity index (χ0) is 26.7. The highest BCUT2D eigenvalue weighted by molar-refractivity contribution is 7.10. The maximum Gasteiger partial charge on any atom is 0.401 e. The molecule has 12 heteroatoms. The first-order chi connectivity index (χ1) is 16.8. The molecule has 8 nitrogen and oxygen atoms in total. The fourth-order valence-corrected chi connectivity index (χ4v) is 4.06. The van der Waals surface area contributed by atoms with E-state index in [0.29, 0.717) is 22.2 Å². The van der Waals surface area contributed by atoms with Gasteiger partial charge in [-0.3, -0.25) is 14.3 Å². The molecule has 3 aromatic rings. The van der Waals surface area contributed by atoms with Crippen LogP contribution in [0.3, 0.4) is 0 Å². The fraction of sp³-hybridized carbons (Fsp3) is 0.500. The third kappa shape index (κ3) is 6.89.